The molecular weight excluding hydrogens is 1470 g/mol. The Kier molecular flexibility index (Phi) is 31.6. The highest BCUT2D eigenvalue weighted by molar-refractivity contribution is 7.89. The lowest BCUT2D eigenvalue weighted by Gasteiger charge is -2.23. The third kappa shape index (κ3) is 24.6. The summed E-state index contributed by atoms with van der Waals surface area (Å²) in [5, 5.41) is 34.6. The van der Waals surface area contributed by atoms with Crippen molar-refractivity contribution in [1.29, 1.82) is 0 Å². The zero-order valence-electron chi connectivity index (χ0n) is 66.1. The van der Waals surface area contributed by atoms with E-state index >= 15 is 0 Å². The first kappa shape index (κ1) is 93.5. The van der Waals surface area contributed by atoms with E-state index in [4.69, 9.17) is 15.4 Å². The second kappa shape index (κ2) is 36.5. The first-order valence-electron chi connectivity index (χ1n) is 36.2. The number of alkyl halides is 3. The van der Waals surface area contributed by atoms with Crippen molar-refractivity contribution in [3.8, 4) is 0 Å². The van der Waals surface area contributed by atoms with E-state index in [0.717, 1.165) is 74.7 Å². The highest BCUT2D eigenvalue weighted by Gasteiger charge is 2.43. The van der Waals surface area contributed by atoms with Gasteiger partial charge < -0.3 is 34.8 Å². The summed E-state index contributed by atoms with van der Waals surface area (Å²) in [5.41, 5.74) is 14.5. The number of carbonyl (C=O) groups excluding carboxylic acids is 4. The van der Waals surface area contributed by atoms with Crippen LogP contribution in [-0.2, 0) is 51.5 Å². The summed E-state index contributed by atoms with van der Waals surface area (Å²) < 4.78 is 110. The SMILES string of the molecule is C.C[C@H]1C[C@H](NC(=O)C(F)(F)F)C[C@@H]1CCS(N)(=O)=O.Cc1ccnc(C)c1C(=O)c1cn(C(C)(C)C)c(C)c1C.Cc1nccc(N[C@@H]2C[C@H](CCS(N)(=O)=O)[C@@H](C)C2)c1C(=O)c1cn(C(C)(C)C)c(C)c1C.Cc1nccc(N[C@@H]2C[C@H](CCS(N)(=O)=O)[C@@H](O)C2)c1C(=O)c1cn(C(C)(C)C)c(C)c1C.Cl. The number of primary sulfonamides is 3. The number of nitrogens with two attached hydrogens (primary N) is 3. The van der Waals surface area contributed by atoms with E-state index in [9.17, 15) is 62.7 Å². The Morgan fingerprint density at radius 3 is 1.10 bits per heavy atom. The molecule has 604 valence electrons. The Bertz CT molecular complexity index is 4350. The van der Waals surface area contributed by atoms with Crippen LogP contribution in [0, 0.1) is 98.8 Å². The molecule has 10 N–H and O–H groups in total. The fourth-order valence-corrected chi connectivity index (χ4v) is 17.0. The third-order valence-electron chi connectivity index (χ3n) is 21.3. The van der Waals surface area contributed by atoms with Gasteiger partial charge in [0, 0.05) is 128 Å². The fourth-order valence-electron chi connectivity index (χ4n) is 15.2. The Morgan fingerprint density at radius 2 is 0.778 bits per heavy atom. The molecule has 0 radical (unpaired) electrons. The molecule has 1 amide bonds. The number of aliphatic hydroxyl groups is 1. The van der Waals surface area contributed by atoms with Crippen molar-refractivity contribution in [2.24, 2.45) is 45.0 Å². The van der Waals surface area contributed by atoms with E-state index in [0.29, 0.717) is 90.2 Å². The molecule has 0 aromatic carbocycles. The predicted octanol–water partition coefficient (Wildman–Crippen LogP) is 13.2. The molecule has 0 spiro atoms. The molecule has 6 heterocycles. The molecule has 6 aromatic rings. The number of pyridine rings is 3. The summed E-state index contributed by atoms with van der Waals surface area (Å²) in [5.74, 6) is -1.80. The van der Waals surface area contributed by atoms with Crippen molar-refractivity contribution in [2.75, 3.05) is 27.9 Å². The van der Waals surface area contributed by atoms with Gasteiger partial charge in [-0.3, -0.25) is 34.1 Å². The minimum Gasteiger partial charge on any atom is -0.393 e. The second-order valence-corrected chi connectivity index (χ2v) is 37.8. The van der Waals surface area contributed by atoms with Gasteiger partial charge in [-0.05, 0) is 259 Å². The Labute approximate surface area is 645 Å². The summed E-state index contributed by atoms with van der Waals surface area (Å²) in [6.07, 6.45) is 10.3. The maximum Gasteiger partial charge on any atom is 0.471 e. The molecule has 0 saturated heterocycles. The number of halogens is 4. The molecule has 9 atom stereocenters. The smallest absolute Gasteiger partial charge is 0.393 e. The van der Waals surface area contributed by atoms with E-state index in [1.165, 1.54) is 0 Å². The van der Waals surface area contributed by atoms with Crippen LogP contribution in [0.3, 0.4) is 0 Å². The van der Waals surface area contributed by atoms with Gasteiger partial charge in [0.05, 0.1) is 45.9 Å². The predicted molar refractivity (Wildman–Crippen MR) is 426 cm³/mol. The number of nitrogens with zero attached hydrogens (tertiary/aromatic N) is 6. The Morgan fingerprint density at radius 1 is 0.481 bits per heavy atom. The molecule has 0 unspecified atom stereocenters. The average Bonchev–Trinajstić information content (AvgIpc) is 1.65. The first-order valence-corrected chi connectivity index (χ1v) is 41.3. The molecule has 3 saturated carbocycles. The molecule has 3 aliphatic carbocycles. The zero-order valence-corrected chi connectivity index (χ0v) is 69.4. The van der Waals surface area contributed by atoms with Crippen LogP contribution in [0.5, 0.6) is 0 Å². The molecule has 0 bridgehead atoms. The van der Waals surface area contributed by atoms with Gasteiger partial charge >= 0.3 is 12.1 Å². The number of anilines is 2. The van der Waals surface area contributed by atoms with Crippen LogP contribution in [0.25, 0.3) is 0 Å². The number of aryl methyl sites for hydroxylation is 4. The van der Waals surface area contributed by atoms with Crippen molar-refractivity contribution in [3.63, 3.8) is 0 Å². The van der Waals surface area contributed by atoms with E-state index in [1.54, 1.807) is 24.7 Å². The van der Waals surface area contributed by atoms with Gasteiger partial charge in [0.25, 0.3) is 0 Å². The summed E-state index contributed by atoms with van der Waals surface area (Å²) in [4.78, 5) is 64.2. The zero-order chi connectivity index (χ0) is 80.2. The summed E-state index contributed by atoms with van der Waals surface area (Å²) >= 11 is 0. The Balaban J connectivity index is 0.000000311. The average molecular weight is 1590 g/mol. The maximum absolute atomic E-state index is 13.7. The normalized spacial score (nSPS) is 20.4. The number of aromatic nitrogens is 6. The van der Waals surface area contributed by atoms with Gasteiger partial charge in [-0.25, -0.2) is 40.7 Å². The van der Waals surface area contributed by atoms with E-state index in [-0.39, 0.29) is 107 Å². The second-order valence-electron chi connectivity index (χ2n) is 32.6. The van der Waals surface area contributed by atoms with Gasteiger partial charge in [-0.2, -0.15) is 13.2 Å². The summed E-state index contributed by atoms with van der Waals surface area (Å²) in [6, 6.07) is 5.07. The third-order valence-corrected chi connectivity index (χ3v) is 23.7. The number of nitrogens with one attached hydrogen (secondary N) is 3. The molecule has 108 heavy (non-hydrogen) atoms. The first-order chi connectivity index (χ1) is 48.5. The van der Waals surface area contributed by atoms with E-state index < -0.39 is 54.3 Å². The summed E-state index contributed by atoms with van der Waals surface area (Å²) in [7, 11) is -10.6. The number of hydrogen-bond donors (Lipinski definition) is 7. The topological polar surface area (TPSA) is 359 Å². The van der Waals surface area contributed by atoms with Gasteiger partial charge in [0.15, 0.2) is 17.3 Å². The highest BCUT2D eigenvalue weighted by atomic mass is 35.5. The number of ketones is 3. The van der Waals surface area contributed by atoms with Crippen LogP contribution in [0.15, 0.2) is 55.4 Å². The number of hydrogen-bond acceptors (Lipinski definition) is 16. The summed E-state index contributed by atoms with van der Waals surface area (Å²) in [6.45, 7) is 42.8. The number of rotatable bonds is 20. The molecule has 0 aliphatic heterocycles. The molecule has 3 aliphatic rings. The van der Waals surface area contributed by atoms with Crippen LogP contribution in [-0.4, -0.2) is 130 Å². The lowest BCUT2D eigenvalue weighted by Crippen LogP contribution is -2.42. The van der Waals surface area contributed by atoms with Gasteiger partial charge in [0.1, 0.15) is 0 Å². The van der Waals surface area contributed by atoms with Crippen molar-refractivity contribution >= 4 is 77.1 Å². The number of carbonyl (C=O) groups is 4. The highest BCUT2D eigenvalue weighted by Crippen LogP contribution is 2.40. The van der Waals surface area contributed by atoms with E-state index in [1.807, 2.05) is 105 Å². The molecule has 9 rings (SSSR count). The lowest BCUT2D eigenvalue weighted by atomic mass is 9.96. The molecule has 30 heteroatoms. The fraction of sp³-hybridized carbons (Fsp3) is 0.603. The van der Waals surface area contributed by atoms with Crippen LogP contribution < -0.4 is 31.4 Å². The van der Waals surface area contributed by atoms with Crippen LogP contribution in [0.1, 0.15) is 246 Å². The standard InChI is InChI=1S/C25H38N4O3S.C24H36N4O4S.C18H24N2O.C10H17F3N2O3S.CH4.ClH/c1-15-12-20(13-19(15)9-11-33(26,31)32)28-22-8-10-27-17(3)23(22)24(30)21-14-29(25(5,6)7)18(4)16(21)2;1-14-16(3)28(24(4,5)6)13-19(14)23(30)22-15(2)26-9-7-20(22)27-18-11-17(21(29)12-18)8-10-33(25,31)32;1-11-8-9-19-13(3)16(11)17(21)15-10-20(18(5,6)7)14(4)12(15)2;1-6-4-8(15-9(16)10(11,12)13)5-7(6)2-3-19(14,17)18;;/h8,10,14-15,19-20H,9,11-13H2,1-7H3,(H,27,28)(H2,26,31,32);7,9,13,17-18,21,29H,8,10-12H2,1-6H3,(H,26,27)(H2,25,31,32);8-10H,1-7H3;6-8H,2-5H2,1H3,(H,15,16)(H2,14,17,18);1H4;1H/t15-,19-,20-;17-,18+,21-;;6-,7-,8-;;/m00.0../s1. The van der Waals surface area contributed by atoms with Gasteiger partial charge in [-0.15, -0.1) is 12.4 Å². The van der Waals surface area contributed by atoms with Crippen LogP contribution in [0.4, 0.5) is 24.5 Å². The minimum absolute atomic E-state index is 0. The van der Waals surface area contributed by atoms with Crippen molar-refractivity contribution in [3.05, 3.63) is 145 Å². The minimum atomic E-state index is -4.89. The molecular formula is C78H120ClF3N12O11S3. The molecule has 3 fully saturated rings. The van der Waals surface area contributed by atoms with Crippen molar-refractivity contribution in [1.82, 2.24) is 34.0 Å². The van der Waals surface area contributed by atoms with Crippen LogP contribution in [0.2, 0.25) is 0 Å². The van der Waals surface area contributed by atoms with Gasteiger partial charge in [0.2, 0.25) is 30.1 Å². The van der Waals surface area contributed by atoms with Crippen LogP contribution >= 0.6 is 12.4 Å². The molecule has 23 nitrogen and oxygen atoms in total. The monoisotopic (exact) mass is 1590 g/mol. The largest absolute Gasteiger partial charge is 0.471 e. The number of aliphatic hydroxyl groups excluding tert-OH is 1. The number of sulfonamides is 3. The maximum atomic E-state index is 13.7. The van der Waals surface area contributed by atoms with Gasteiger partial charge in [-0.1, -0.05) is 21.3 Å². The van der Waals surface area contributed by atoms with E-state index in [2.05, 4.69) is 115 Å². The van der Waals surface area contributed by atoms with Crippen molar-refractivity contribution in [2.45, 2.75) is 258 Å². The Hall–Kier alpha value is -6.86. The quantitative estimate of drug-likeness (QED) is 0.0349. The van der Waals surface area contributed by atoms with Crippen molar-refractivity contribution < 1.29 is 62.7 Å². The molecule has 6 aromatic heterocycles. The number of amides is 1. The lowest BCUT2D eigenvalue weighted by molar-refractivity contribution is -0.174.